The maximum atomic E-state index is 11.3. The molecule has 6 heteroatoms. The van der Waals surface area contributed by atoms with Crippen molar-refractivity contribution < 1.29 is 19.1 Å². The zero-order valence-corrected chi connectivity index (χ0v) is 18.3. The van der Waals surface area contributed by atoms with Crippen molar-refractivity contribution in [3.8, 4) is 16.9 Å². The number of nitrogens with zero attached hydrogens (tertiary/aromatic N) is 1. The van der Waals surface area contributed by atoms with E-state index in [4.69, 9.17) is 20.8 Å². The highest BCUT2D eigenvalue weighted by Crippen LogP contribution is 2.29. The number of carboxylic acids is 1. The molecule has 4 rings (SSSR count). The Balaban J connectivity index is 1.46. The molecule has 0 aliphatic rings. The minimum absolute atomic E-state index is 0.0996. The van der Waals surface area contributed by atoms with Gasteiger partial charge < -0.3 is 14.3 Å². The van der Waals surface area contributed by atoms with Gasteiger partial charge in [0, 0.05) is 5.02 Å². The molecule has 1 atom stereocenters. The van der Waals surface area contributed by atoms with E-state index in [1.807, 2.05) is 61.5 Å². The second kappa shape index (κ2) is 9.71. The number of aryl methyl sites for hydroxylation is 1. The van der Waals surface area contributed by atoms with E-state index in [-0.39, 0.29) is 6.42 Å². The summed E-state index contributed by atoms with van der Waals surface area (Å²) in [6, 6.07) is 21.4. The molecule has 32 heavy (non-hydrogen) atoms. The zero-order valence-electron chi connectivity index (χ0n) is 17.5. The lowest BCUT2D eigenvalue weighted by Gasteiger charge is -2.13. The summed E-state index contributed by atoms with van der Waals surface area (Å²) in [7, 11) is 0. The van der Waals surface area contributed by atoms with E-state index in [0.29, 0.717) is 18.2 Å². The molecule has 0 amide bonds. The van der Waals surface area contributed by atoms with Crippen LogP contribution in [0.25, 0.3) is 11.1 Å². The molecule has 3 aromatic carbocycles. The number of oxazole rings is 1. The summed E-state index contributed by atoms with van der Waals surface area (Å²) in [5.41, 5.74) is 5.22. The number of aromatic nitrogens is 1. The predicted molar refractivity (Wildman–Crippen MR) is 123 cm³/mol. The van der Waals surface area contributed by atoms with Crippen molar-refractivity contribution in [2.24, 2.45) is 0 Å². The Bertz CT molecular complexity index is 1200. The molecule has 0 aliphatic carbocycles. The van der Waals surface area contributed by atoms with Crippen LogP contribution in [-0.2, 0) is 11.4 Å². The van der Waals surface area contributed by atoms with E-state index >= 15 is 0 Å². The highest BCUT2D eigenvalue weighted by molar-refractivity contribution is 6.30. The Morgan fingerprint density at radius 1 is 1.12 bits per heavy atom. The SMILES string of the molecule is Cc1cc(Cl)ccc1-c1cccc(COc2ccc(C(CC(=O)O)c3ncco3)cc2)c1. The molecule has 0 fully saturated rings. The number of hydrogen-bond donors (Lipinski definition) is 1. The summed E-state index contributed by atoms with van der Waals surface area (Å²) >= 11 is 6.08. The van der Waals surface area contributed by atoms with Gasteiger partial charge in [0.05, 0.1) is 18.5 Å². The second-order valence-electron chi connectivity index (χ2n) is 7.54. The first-order valence-electron chi connectivity index (χ1n) is 10.2. The fourth-order valence-corrected chi connectivity index (χ4v) is 3.90. The Labute approximate surface area is 191 Å². The van der Waals surface area contributed by atoms with Crippen molar-refractivity contribution in [3.05, 3.63) is 107 Å². The van der Waals surface area contributed by atoms with Gasteiger partial charge in [-0.2, -0.15) is 0 Å². The van der Waals surface area contributed by atoms with Gasteiger partial charge in [-0.1, -0.05) is 48.0 Å². The highest BCUT2D eigenvalue weighted by atomic mass is 35.5. The van der Waals surface area contributed by atoms with Crippen molar-refractivity contribution in [1.82, 2.24) is 4.98 Å². The van der Waals surface area contributed by atoms with Crippen LogP contribution in [0, 0.1) is 6.92 Å². The first-order valence-corrected chi connectivity index (χ1v) is 10.6. The first kappa shape index (κ1) is 21.7. The van der Waals surface area contributed by atoms with Crippen LogP contribution in [-0.4, -0.2) is 16.1 Å². The molecule has 0 radical (unpaired) electrons. The zero-order chi connectivity index (χ0) is 22.5. The van der Waals surface area contributed by atoms with Crippen molar-refractivity contribution >= 4 is 17.6 Å². The van der Waals surface area contributed by atoms with Gasteiger partial charge in [0.15, 0.2) is 0 Å². The van der Waals surface area contributed by atoms with Crippen molar-refractivity contribution in [2.75, 3.05) is 0 Å². The lowest BCUT2D eigenvalue weighted by molar-refractivity contribution is -0.137. The largest absolute Gasteiger partial charge is 0.489 e. The molecule has 5 nitrogen and oxygen atoms in total. The molecule has 4 aromatic rings. The fourth-order valence-electron chi connectivity index (χ4n) is 3.67. The normalized spacial score (nSPS) is 11.8. The van der Waals surface area contributed by atoms with Crippen LogP contribution < -0.4 is 4.74 Å². The lowest BCUT2D eigenvalue weighted by atomic mass is 9.95. The maximum Gasteiger partial charge on any atom is 0.304 e. The van der Waals surface area contributed by atoms with Gasteiger partial charge in [0.25, 0.3) is 0 Å². The average molecular weight is 448 g/mol. The molecule has 1 unspecified atom stereocenters. The Morgan fingerprint density at radius 3 is 2.62 bits per heavy atom. The molecule has 1 heterocycles. The van der Waals surface area contributed by atoms with Crippen LogP contribution in [0.15, 0.2) is 83.6 Å². The first-order chi connectivity index (χ1) is 15.5. The lowest BCUT2D eigenvalue weighted by Crippen LogP contribution is -2.08. The summed E-state index contributed by atoms with van der Waals surface area (Å²) in [6.45, 7) is 2.46. The van der Waals surface area contributed by atoms with Crippen LogP contribution in [0.4, 0.5) is 0 Å². The van der Waals surface area contributed by atoms with E-state index in [1.54, 1.807) is 0 Å². The molecule has 0 aliphatic heterocycles. The quantitative estimate of drug-likeness (QED) is 0.334. The minimum Gasteiger partial charge on any atom is -0.489 e. The molecule has 1 N–H and O–H groups in total. The van der Waals surface area contributed by atoms with E-state index < -0.39 is 11.9 Å². The maximum absolute atomic E-state index is 11.3. The van der Waals surface area contributed by atoms with E-state index in [9.17, 15) is 9.90 Å². The van der Waals surface area contributed by atoms with Crippen LogP contribution in [0.5, 0.6) is 5.75 Å². The molecule has 0 spiro atoms. The number of ether oxygens (including phenoxy) is 1. The van der Waals surface area contributed by atoms with E-state index in [2.05, 4.69) is 17.1 Å². The molecular weight excluding hydrogens is 426 g/mol. The number of carboxylic acid groups (broad SMARTS) is 1. The standard InChI is InChI=1S/C26H22ClNO4/c1-17-13-21(27)7-10-23(17)20-4-2-3-18(14-20)16-32-22-8-5-19(6-9-22)24(15-25(29)30)26-28-11-12-31-26/h2-14,24H,15-16H2,1H3,(H,29,30). The number of carbonyl (C=O) groups is 1. The van der Waals surface area contributed by atoms with Gasteiger partial charge in [-0.25, -0.2) is 4.98 Å². The van der Waals surface area contributed by atoms with Crippen molar-refractivity contribution in [3.63, 3.8) is 0 Å². The Kier molecular flexibility index (Phi) is 6.57. The van der Waals surface area contributed by atoms with Gasteiger partial charge >= 0.3 is 5.97 Å². The van der Waals surface area contributed by atoms with Crippen LogP contribution >= 0.6 is 11.6 Å². The number of halogens is 1. The molecule has 0 bridgehead atoms. The fraction of sp³-hybridized carbons (Fsp3) is 0.154. The third kappa shape index (κ3) is 5.18. The van der Waals surface area contributed by atoms with Gasteiger partial charge in [0.2, 0.25) is 5.89 Å². The van der Waals surface area contributed by atoms with E-state index in [1.165, 1.54) is 12.5 Å². The average Bonchev–Trinajstić information content (AvgIpc) is 3.31. The summed E-state index contributed by atoms with van der Waals surface area (Å²) in [5, 5.41) is 9.97. The molecule has 0 saturated carbocycles. The molecule has 1 aromatic heterocycles. The monoisotopic (exact) mass is 447 g/mol. The topological polar surface area (TPSA) is 72.6 Å². The Hall–Kier alpha value is -3.57. The summed E-state index contributed by atoms with van der Waals surface area (Å²) < 4.78 is 11.3. The van der Waals surface area contributed by atoms with Gasteiger partial charge in [-0.05, 0) is 65.1 Å². The van der Waals surface area contributed by atoms with Gasteiger partial charge in [0.1, 0.15) is 18.6 Å². The van der Waals surface area contributed by atoms with Crippen LogP contribution in [0.1, 0.15) is 34.9 Å². The third-order valence-electron chi connectivity index (χ3n) is 5.24. The summed E-state index contributed by atoms with van der Waals surface area (Å²) in [6.07, 6.45) is 2.86. The van der Waals surface area contributed by atoms with Crippen LogP contribution in [0.3, 0.4) is 0 Å². The minimum atomic E-state index is -0.913. The summed E-state index contributed by atoms with van der Waals surface area (Å²) in [5.74, 6) is -0.279. The van der Waals surface area contributed by atoms with Crippen molar-refractivity contribution in [1.29, 1.82) is 0 Å². The number of hydrogen-bond acceptors (Lipinski definition) is 4. The molecule has 162 valence electrons. The third-order valence-corrected chi connectivity index (χ3v) is 5.48. The Morgan fingerprint density at radius 2 is 1.94 bits per heavy atom. The van der Waals surface area contributed by atoms with E-state index in [0.717, 1.165) is 32.8 Å². The second-order valence-corrected chi connectivity index (χ2v) is 7.97. The smallest absolute Gasteiger partial charge is 0.304 e. The predicted octanol–water partition coefficient (Wildman–Crippen LogP) is 6.49. The number of rotatable bonds is 8. The van der Waals surface area contributed by atoms with Gasteiger partial charge in [-0.15, -0.1) is 0 Å². The van der Waals surface area contributed by atoms with Crippen LogP contribution in [0.2, 0.25) is 5.02 Å². The highest BCUT2D eigenvalue weighted by Gasteiger charge is 2.22. The molecular formula is C26H22ClNO4. The van der Waals surface area contributed by atoms with Gasteiger partial charge in [-0.3, -0.25) is 4.79 Å². The van der Waals surface area contributed by atoms with Crippen molar-refractivity contribution in [2.45, 2.75) is 25.9 Å². The summed E-state index contributed by atoms with van der Waals surface area (Å²) in [4.78, 5) is 15.4. The number of aliphatic carboxylic acids is 1. The molecule has 0 saturated heterocycles. The number of benzene rings is 3.